The molecule has 2 aromatic rings. The number of allylic oxidation sites excluding steroid dienone is 2. The average molecular weight is 404 g/mol. The molecular weight excluding hydrogens is 378 g/mol. The Morgan fingerprint density at radius 3 is 2.41 bits per heavy atom. The molecule has 1 aromatic heterocycles. The van der Waals surface area contributed by atoms with Crippen molar-refractivity contribution in [2.75, 3.05) is 5.73 Å². The summed E-state index contributed by atoms with van der Waals surface area (Å²) >= 11 is 0. The number of alkyl halides is 1. The van der Waals surface area contributed by atoms with Crippen molar-refractivity contribution >= 4 is 11.9 Å². The van der Waals surface area contributed by atoms with Crippen LogP contribution < -0.4 is 5.73 Å². The van der Waals surface area contributed by atoms with Gasteiger partial charge in [0.1, 0.15) is 22.9 Å². The second-order valence-corrected chi connectivity index (χ2v) is 8.20. The van der Waals surface area contributed by atoms with Crippen molar-refractivity contribution < 1.29 is 18.3 Å². The number of halogens is 2. The number of nitrogens with two attached hydrogens (primary N) is 1. The second-order valence-electron chi connectivity index (χ2n) is 8.20. The Labute approximate surface area is 168 Å². The van der Waals surface area contributed by atoms with E-state index in [1.165, 1.54) is 15.7 Å². The summed E-state index contributed by atoms with van der Waals surface area (Å²) in [7, 11) is 0. The third-order valence-electron chi connectivity index (χ3n) is 4.76. The molecule has 0 saturated carbocycles. The lowest BCUT2D eigenvalue weighted by molar-refractivity contribution is 0.0254. The van der Waals surface area contributed by atoms with Gasteiger partial charge in [0.25, 0.3) is 0 Å². The average Bonchev–Trinajstić information content (AvgIpc) is 2.95. The molecule has 2 heterocycles. The summed E-state index contributed by atoms with van der Waals surface area (Å²) in [6.07, 6.45) is -0.763. The van der Waals surface area contributed by atoms with Gasteiger partial charge in [0.2, 0.25) is 0 Å². The molecule has 0 bridgehead atoms. The number of aromatic nitrogens is 2. The topological polar surface area (TPSA) is 73.4 Å². The zero-order chi connectivity index (χ0) is 21.7. The number of nitrogens with zero attached hydrogens (tertiary/aromatic N) is 3. The van der Waals surface area contributed by atoms with E-state index in [1.54, 1.807) is 53.7 Å². The normalized spacial score (nSPS) is 18.1. The minimum atomic E-state index is -1.64. The first-order valence-corrected chi connectivity index (χ1v) is 9.39. The molecule has 8 heteroatoms. The summed E-state index contributed by atoms with van der Waals surface area (Å²) in [6.45, 7) is 10.2. The molecule has 0 unspecified atom stereocenters. The van der Waals surface area contributed by atoms with E-state index in [2.05, 4.69) is 5.10 Å². The molecular formula is C21H26F2N4O2. The molecule has 2 N–H and O–H groups in total. The summed E-state index contributed by atoms with van der Waals surface area (Å²) in [5.41, 5.74) is 7.68. The molecule has 1 aliphatic rings. The number of ether oxygens (including phenoxy) is 1. The Morgan fingerprint density at radius 2 is 1.90 bits per heavy atom. The van der Waals surface area contributed by atoms with Crippen LogP contribution in [-0.4, -0.2) is 26.4 Å². The van der Waals surface area contributed by atoms with Gasteiger partial charge in [-0.05, 0) is 64.8 Å². The van der Waals surface area contributed by atoms with Crippen LogP contribution in [0.25, 0.3) is 5.69 Å². The van der Waals surface area contributed by atoms with Crippen LogP contribution in [0.15, 0.2) is 23.9 Å². The minimum absolute atomic E-state index is 0.0370. The molecule has 0 fully saturated rings. The Bertz CT molecular complexity index is 982. The van der Waals surface area contributed by atoms with Crippen LogP contribution in [0, 0.1) is 19.7 Å². The predicted molar refractivity (Wildman–Crippen MR) is 107 cm³/mol. The highest BCUT2D eigenvalue weighted by molar-refractivity contribution is 5.72. The Kier molecular flexibility index (Phi) is 5.15. The summed E-state index contributed by atoms with van der Waals surface area (Å²) in [5.74, 6) is -0.100. The van der Waals surface area contributed by atoms with E-state index in [9.17, 15) is 9.18 Å². The lowest BCUT2D eigenvalue weighted by Gasteiger charge is -2.33. The van der Waals surface area contributed by atoms with Gasteiger partial charge in [-0.1, -0.05) is 6.08 Å². The molecule has 0 saturated heterocycles. The highest BCUT2D eigenvalue weighted by Gasteiger charge is 2.39. The first-order chi connectivity index (χ1) is 13.4. The molecule has 1 atom stereocenters. The quantitative estimate of drug-likeness (QED) is 0.736. The number of carbonyl (C=O) groups is 1. The molecule has 1 amide bonds. The van der Waals surface area contributed by atoms with Crippen LogP contribution in [0.4, 0.5) is 19.4 Å². The zero-order valence-electron chi connectivity index (χ0n) is 17.5. The molecule has 1 aliphatic heterocycles. The van der Waals surface area contributed by atoms with Crippen molar-refractivity contribution in [2.24, 2.45) is 0 Å². The van der Waals surface area contributed by atoms with Crippen molar-refractivity contribution in [3.05, 3.63) is 52.1 Å². The lowest BCUT2D eigenvalue weighted by Crippen LogP contribution is -2.39. The van der Waals surface area contributed by atoms with Crippen molar-refractivity contribution in [2.45, 2.75) is 59.9 Å². The second kappa shape index (κ2) is 7.17. The van der Waals surface area contributed by atoms with E-state index in [1.807, 2.05) is 0 Å². The molecule has 1 aromatic carbocycles. The van der Waals surface area contributed by atoms with Crippen LogP contribution >= 0.6 is 0 Å². The molecule has 0 aliphatic carbocycles. The van der Waals surface area contributed by atoms with Gasteiger partial charge in [0, 0.05) is 5.56 Å². The van der Waals surface area contributed by atoms with Crippen LogP contribution in [-0.2, 0) is 11.3 Å². The summed E-state index contributed by atoms with van der Waals surface area (Å²) < 4.78 is 36.1. The van der Waals surface area contributed by atoms with E-state index in [0.29, 0.717) is 22.4 Å². The van der Waals surface area contributed by atoms with Crippen molar-refractivity contribution in [3.8, 4) is 5.69 Å². The van der Waals surface area contributed by atoms with Gasteiger partial charge in [0.05, 0.1) is 17.9 Å². The number of fused-ring (bicyclic) bond motifs is 1. The van der Waals surface area contributed by atoms with E-state index in [4.69, 9.17) is 10.5 Å². The fourth-order valence-corrected chi connectivity index (χ4v) is 3.40. The van der Waals surface area contributed by atoms with Gasteiger partial charge in [-0.15, -0.1) is 0 Å². The molecule has 6 nitrogen and oxygen atoms in total. The number of nitrogen functional groups attached to an aromatic ring is 1. The monoisotopic (exact) mass is 404 g/mol. The van der Waals surface area contributed by atoms with Crippen molar-refractivity contribution in [1.82, 2.24) is 14.7 Å². The summed E-state index contributed by atoms with van der Waals surface area (Å²) in [6, 6.07) is 3.21. The van der Waals surface area contributed by atoms with Gasteiger partial charge >= 0.3 is 6.09 Å². The predicted octanol–water partition coefficient (Wildman–Crippen LogP) is 4.88. The molecule has 29 heavy (non-hydrogen) atoms. The number of benzene rings is 1. The van der Waals surface area contributed by atoms with Gasteiger partial charge in [-0.25, -0.2) is 18.3 Å². The lowest BCUT2D eigenvalue weighted by atomic mass is 10.0. The fourth-order valence-electron chi connectivity index (χ4n) is 3.40. The van der Waals surface area contributed by atoms with E-state index in [-0.39, 0.29) is 29.6 Å². The highest BCUT2D eigenvalue weighted by Crippen LogP contribution is 2.40. The third kappa shape index (κ3) is 3.71. The number of rotatable bonds is 1. The first kappa shape index (κ1) is 20.8. The molecule has 3 rings (SSSR count). The Hall–Kier alpha value is -2.90. The molecule has 156 valence electrons. The Morgan fingerprint density at radius 1 is 1.31 bits per heavy atom. The van der Waals surface area contributed by atoms with Gasteiger partial charge in [-0.2, -0.15) is 5.10 Å². The standard InChI is InChI=1S/C21H26F2N4O2/c1-7-15-17(23)18-14(10-26(15)20(28)29-21(4,5)6)19(24)27(25-18)13-8-11(2)16(22)12(3)9-13/h7-9,17H,10,24H2,1-6H3/b15-7-/t17-/m0/s1. The number of carbonyl (C=O) groups excluding carboxylic acids is 1. The fraction of sp³-hybridized carbons (Fsp3) is 0.429. The van der Waals surface area contributed by atoms with E-state index < -0.39 is 17.9 Å². The van der Waals surface area contributed by atoms with Crippen molar-refractivity contribution in [1.29, 1.82) is 0 Å². The van der Waals surface area contributed by atoms with Crippen LogP contribution in [0.5, 0.6) is 0 Å². The number of anilines is 1. The first-order valence-electron chi connectivity index (χ1n) is 9.39. The number of hydrogen-bond acceptors (Lipinski definition) is 4. The number of aryl methyl sites for hydroxylation is 2. The van der Waals surface area contributed by atoms with E-state index >= 15 is 4.39 Å². The largest absolute Gasteiger partial charge is 0.443 e. The van der Waals surface area contributed by atoms with Crippen LogP contribution in [0.3, 0.4) is 0 Å². The van der Waals surface area contributed by atoms with Crippen LogP contribution in [0.2, 0.25) is 0 Å². The maximum Gasteiger partial charge on any atom is 0.414 e. The molecule has 0 spiro atoms. The summed E-state index contributed by atoms with van der Waals surface area (Å²) in [4.78, 5) is 13.9. The maximum absolute atomic E-state index is 15.3. The highest BCUT2D eigenvalue weighted by atomic mass is 19.1. The van der Waals surface area contributed by atoms with Gasteiger partial charge < -0.3 is 10.5 Å². The number of hydrogen-bond donors (Lipinski definition) is 1. The SMILES string of the molecule is C/C=C1/[C@H](F)c2nn(-c3cc(C)c(F)c(C)c3)c(N)c2CN1C(=O)OC(C)(C)C. The Balaban J connectivity index is 2.07. The minimum Gasteiger partial charge on any atom is -0.443 e. The van der Waals surface area contributed by atoms with Gasteiger partial charge in [-0.3, -0.25) is 4.90 Å². The van der Waals surface area contributed by atoms with Gasteiger partial charge in [0.15, 0.2) is 6.17 Å². The summed E-state index contributed by atoms with van der Waals surface area (Å²) in [5, 5.41) is 4.35. The smallest absolute Gasteiger partial charge is 0.414 e. The number of amides is 1. The van der Waals surface area contributed by atoms with Crippen molar-refractivity contribution in [3.63, 3.8) is 0 Å². The third-order valence-corrected chi connectivity index (χ3v) is 4.76. The maximum atomic E-state index is 15.3. The zero-order valence-corrected chi connectivity index (χ0v) is 17.5. The van der Waals surface area contributed by atoms with E-state index in [0.717, 1.165) is 0 Å². The molecule has 0 radical (unpaired) electrons. The van der Waals surface area contributed by atoms with Crippen LogP contribution in [0.1, 0.15) is 56.3 Å².